The van der Waals surface area contributed by atoms with E-state index in [9.17, 15) is 13.2 Å². The lowest BCUT2D eigenvalue weighted by Crippen LogP contribution is -2.17. The van der Waals surface area contributed by atoms with Crippen molar-refractivity contribution in [1.82, 2.24) is 0 Å². The molecule has 0 spiro atoms. The van der Waals surface area contributed by atoms with E-state index in [1.807, 2.05) is 0 Å². The Bertz CT molecular complexity index is 397. The maximum Gasteiger partial charge on any atom is 0.573 e. The molecule has 0 heterocycles. The van der Waals surface area contributed by atoms with Crippen molar-refractivity contribution in [3.8, 4) is 11.8 Å². The Labute approximate surface area is 92.4 Å². The second-order valence-corrected chi connectivity index (χ2v) is 3.22. The lowest BCUT2D eigenvalue weighted by Gasteiger charge is -2.09. The second-order valence-electron chi connectivity index (χ2n) is 2.66. The van der Waals surface area contributed by atoms with Gasteiger partial charge in [-0.05, 0) is 23.8 Å². The first-order chi connectivity index (χ1) is 6.94. The van der Waals surface area contributed by atoms with Crippen LogP contribution in [0.3, 0.4) is 0 Å². The van der Waals surface area contributed by atoms with Crippen molar-refractivity contribution >= 4 is 15.9 Å². The summed E-state index contributed by atoms with van der Waals surface area (Å²) in [6.45, 7) is 0. The summed E-state index contributed by atoms with van der Waals surface area (Å²) in [5, 5.41) is 8.94. The minimum absolute atomic E-state index is 0.131. The SMILES string of the molecule is N#Cc1cc(CBr)cc(OC(F)(F)F)c1. The second kappa shape index (κ2) is 4.53. The van der Waals surface area contributed by atoms with E-state index in [1.54, 1.807) is 6.07 Å². The molecule has 0 saturated carbocycles. The quantitative estimate of drug-likeness (QED) is 0.778. The number of halogens is 4. The third kappa shape index (κ3) is 3.80. The summed E-state index contributed by atoms with van der Waals surface area (Å²) in [6, 6.07) is 5.51. The largest absolute Gasteiger partial charge is 0.573 e. The molecule has 80 valence electrons. The van der Waals surface area contributed by atoms with E-state index in [0.717, 1.165) is 6.07 Å². The third-order valence-electron chi connectivity index (χ3n) is 1.48. The number of nitriles is 1. The average Bonchev–Trinajstić information content (AvgIpc) is 2.14. The van der Waals surface area contributed by atoms with Crippen molar-refractivity contribution in [1.29, 1.82) is 5.26 Å². The van der Waals surface area contributed by atoms with E-state index in [2.05, 4.69) is 20.7 Å². The number of hydrogen-bond acceptors (Lipinski definition) is 2. The van der Waals surface area contributed by atoms with Gasteiger partial charge in [-0.15, -0.1) is 13.2 Å². The third-order valence-corrected chi connectivity index (χ3v) is 2.13. The number of ether oxygens (including phenoxy) is 1. The number of hydrogen-bond donors (Lipinski definition) is 0. The molecule has 0 radical (unpaired) electrons. The summed E-state index contributed by atoms with van der Waals surface area (Å²) in [4.78, 5) is 0. The summed E-state index contributed by atoms with van der Waals surface area (Å²) in [6.07, 6.45) is -4.74. The van der Waals surface area contributed by atoms with Gasteiger partial charge in [0.25, 0.3) is 0 Å². The molecule has 0 bridgehead atoms. The highest BCUT2D eigenvalue weighted by Gasteiger charge is 2.31. The molecule has 1 aromatic carbocycles. The van der Waals surface area contributed by atoms with Gasteiger partial charge in [0.05, 0.1) is 11.6 Å². The van der Waals surface area contributed by atoms with Gasteiger partial charge in [-0.1, -0.05) is 15.9 Å². The number of nitrogens with zero attached hydrogens (tertiary/aromatic N) is 1. The molecule has 0 aliphatic carbocycles. The van der Waals surface area contributed by atoms with Crippen LogP contribution in [0.15, 0.2) is 18.2 Å². The van der Waals surface area contributed by atoms with Crippen LogP contribution in [0, 0.1) is 11.3 Å². The Morgan fingerprint density at radius 3 is 2.47 bits per heavy atom. The van der Waals surface area contributed by atoms with Crippen LogP contribution in [0.25, 0.3) is 0 Å². The molecule has 0 aromatic heterocycles. The predicted molar refractivity (Wildman–Crippen MR) is 50.5 cm³/mol. The summed E-state index contributed by atoms with van der Waals surface area (Å²) in [5.41, 5.74) is 0.680. The summed E-state index contributed by atoms with van der Waals surface area (Å²) in [5.74, 6) is -0.379. The van der Waals surface area contributed by atoms with Crippen LogP contribution in [-0.2, 0) is 5.33 Å². The van der Waals surface area contributed by atoms with Gasteiger partial charge in [0.15, 0.2) is 0 Å². The molecule has 0 unspecified atom stereocenters. The van der Waals surface area contributed by atoms with E-state index in [4.69, 9.17) is 5.26 Å². The van der Waals surface area contributed by atoms with Gasteiger partial charge in [-0.25, -0.2) is 0 Å². The summed E-state index contributed by atoms with van der Waals surface area (Å²) < 4.78 is 39.4. The Kier molecular flexibility index (Phi) is 3.58. The minimum atomic E-state index is -4.74. The molecule has 0 aliphatic rings. The standard InChI is InChI=1S/C9H5BrF3NO/c10-4-6-1-7(5-14)3-8(2-6)15-9(11,12)13/h1-3H,4H2. The molecule has 2 nitrogen and oxygen atoms in total. The van der Waals surface area contributed by atoms with Crippen LogP contribution in [0.5, 0.6) is 5.75 Å². The smallest absolute Gasteiger partial charge is 0.406 e. The predicted octanol–water partition coefficient (Wildman–Crippen LogP) is 3.35. The van der Waals surface area contributed by atoms with Crippen LogP contribution in [0.2, 0.25) is 0 Å². The minimum Gasteiger partial charge on any atom is -0.406 e. The number of alkyl halides is 4. The molecule has 0 aliphatic heterocycles. The molecule has 0 saturated heterocycles. The molecule has 6 heteroatoms. The molecule has 0 amide bonds. The fourth-order valence-corrected chi connectivity index (χ4v) is 1.32. The Balaban J connectivity index is 3.03. The summed E-state index contributed by atoms with van der Waals surface area (Å²) >= 11 is 3.09. The van der Waals surface area contributed by atoms with Gasteiger partial charge in [0, 0.05) is 5.33 Å². The van der Waals surface area contributed by atoms with Crippen LogP contribution < -0.4 is 4.74 Å². The van der Waals surface area contributed by atoms with Gasteiger partial charge in [-0.2, -0.15) is 5.26 Å². The van der Waals surface area contributed by atoms with Gasteiger partial charge in [0.1, 0.15) is 5.75 Å². The van der Waals surface area contributed by atoms with Gasteiger partial charge in [-0.3, -0.25) is 0 Å². The van der Waals surface area contributed by atoms with Gasteiger partial charge >= 0.3 is 6.36 Å². The first-order valence-corrected chi connectivity index (χ1v) is 4.92. The molecular weight excluding hydrogens is 275 g/mol. The van der Waals surface area contributed by atoms with E-state index < -0.39 is 6.36 Å². The molecule has 15 heavy (non-hydrogen) atoms. The lowest BCUT2D eigenvalue weighted by atomic mass is 10.1. The zero-order valence-corrected chi connectivity index (χ0v) is 8.89. The monoisotopic (exact) mass is 279 g/mol. The van der Waals surface area contributed by atoms with Crippen molar-refractivity contribution in [3.05, 3.63) is 29.3 Å². The van der Waals surface area contributed by atoms with Crippen molar-refractivity contribution in [2.24, 2.45) is 0 Å². The lowest BCUT2D eigenvalue weighted by molar-refractivity contribution is -0.274. The topological polar surface area (TPSA) is 33.0 Å². The highest BCUT2D eigenvalue weighted by atomic mass is 79.9. The van der Waals surface area contributed by atoms with E-state index in [1.165, 1.54) is 12.1 Å². The fourth-order valence-electron chi connectivity index (χ4n) is 0.995. The van der Waals surface area contributed by atoms with Crippen molar-refractivity contribution in [3.63, 3.8) is 0 Å². The molecule has 1 rings (SSSR count). The summed E-state index contributed by atoms with van der Waals surface area (Å²) in [7, 11) is 0. The molecule has 0 atom stereocenters. The molecule has 0 fully saturated rings. The van der Waals surface area contributed by atoms with Crippen molar-refractivity contribution < 1.29 is 17.9 Å². The first-order valence-electron chi connectivity index (χ1n) is 3.80. The van der Waals surface area contributed by atoms with Crippen LogP contribution in [0.1, 0.15) is 11.1 Å². The van der Waals surface area contributed by atoms with E-state index in [-0.39, 0.29) is 11.3 Å². The number of rotatable bonds is 2. The fraction of sp³-hybridized carbons (Fsp3) is 0.222. The Hall–Kier alpha value is -1.22. The zero-order chi connectivity index (χ0) is 11.5. The van der Waals surface area contributed by atoms with Crippen LogP contribution in [0.4, 0.5) is 13.2 Å². The van der Waals surface area contributed by atoms with Gasteiger partial charge in [0.2, 0.25) is 0 Å². The normalized spacial score (nSPS) is 10.9. The van der Waals surface area contributed by atoms with Crippen LogP contribution >= 0.6 is 15.9 Å². The van der Waals surface area contributed by atoms with Gasteiger partial charge < -0.3 is 4.74 Å². The van der Waals surface area contributed by atoms with Crippen molar-refractivity contribution in [2.45, 2.75) is 11.7 Å². The maximum absolute atomic E-state index is 11.9. The van der Waals surface area contributed by atoms with Crippen LogP contribution in [-0.4, -0.2) is 6.36 Å². The highest BCUT2D eigenvalue weighted by molar-refractivity contribution is 9.08. The molecular formula is C9H5BrF3NO. The zero-order valence-electron chi connectivity index (χ0n) is 7.31. The Morgan fingerprint density at radius 2 is 2.00 bits per heavy atom. The molecule has 1 aromatic rings. The first kappa shape index (κ1) is 11.9. The number of benzene rings is 1. The highest BCUT2D eigenvalue weighted by Crippen LogP contribution is 2.25. The maximum atomic E-state index is 11.9. The van der Waals surface area contributed by atoms with E-state index in [0.29, 0.717) is 10.9 Å². The average molecular weight is 280 g/mol. The van der Waals surface area contributed by atoms with Crippen molar-refractivity contribution in [2.75, 3.05) is 0 Å². The Morgan fingerprint density at radius 1 is 1.33 bits per heavy atom. The van der Waals surface area contributed by atoms with E-state index >= 15 is 0 Å². The molecule has 0 N–H and O–H groups in total.